The number of rotatable bonds is 5. The van der Waals surface area contributed by atoms with Gasteiger partial charge in [0, 0.05) is 0 Å². The third kappa shape index (κ3) is 6.65. The lowest BCUT2D eigenvalue weighted by Crippen LogP contribution is -2.72. The summed E-state index contributed by atoms with van der Waals surface area (Å²) in [6.07, 6.45) is 0. The number of hydrogen-bond donors (Lipinski definition) is 0. The molecule has 0 bridgehead atoms. The largest absolute Gasteiger partial charge is 0.640 e. The van der Waals surface area contributed by atoms with Crippen LogP contribution in [0, 0.1) is 0 Å². The van der Waals surface area contributed by atoms with Crippen molar-refractivity contribution in [2.24, 2.45) is 0 Å². The SMILES string of the molecule is C[Si](C)O[Si]1(O[Si](C)C)O[Si](C)(C)O[Si](C)(c2ccccc2)O[Si](C)(C)O1. The first-order valence-electron chi connectivity index (χ1n) is 9.11. The summed E-state index contributed by atoms with van der Waals surface area (Å²) in [5.41, 5.74) is 0. The first-order chi connectivity index (χ1) is 12.3. The van der Waals surface area contributed by atoms with E-state index in [4.69, 9.17) is 24.7 Å². The van der Waals surface area contributed by atoms with Crippen LogP contribution in [0.15, 0.2) is 30.3 Å². The smallest absolute Gasteiger partial charge is 0.412 e. The van der Waals surface area contributed by atoms with Gasteiger partial charge in [0.05, 0.1) is 0 Å². The van der Waals surface area contributed by atoms with E-state index in [9.17, 15) is 0 Å². The third-order valence-electron chi connectivity index (χ3n) is 3.58. The highest BCUT2D eigenvalue weighted by Gasteiger charge is 2.61. The molecule has 0 spiro atoms. The van der Waals surface area contributed by atoms with Crippen LogP contribution in [0.4, 0.5) is 0 Å². The quantitative estimate of drug-likeness (QED) is 0.607. The van der Waals surface area contributed by atoms with Crippen molar-refractivity contribution in [3.63, 3.8) is 0 Å². The van der Waals surface area contributed by atoms with Gasteiger partial charge in [0.25, 0.3) is 0 Å². The second-order valence-corrected chi connectivity index (χ2v) is 25.6. The summed E-state index contributed by atoms with van der Waals surface area (Å²) in [6, 6.07) is 10.2. The van der Waals surface area contributed by atoms with E-state index in [1.165, 1.54) is 0 Å². The van der Waals surface area contributed by atoms with Gasteiger partial charge < -0.3 is 24.7 Å². The van der Waals surface area contributed by atoms with Crippen LogP contribution in [0.5, 0.6) is 0 Å². The molecule has 1 saturated heterocycles. The standard InChI is InChI=1S/C15H32O6Si6/c1-22(2)16-27(17-23(3)4)20-24(5,6)18-26(9,19-25(7,8)21-27)15-13-11-10-12-14-15/h10-14H,1-9H3. The van der Waals surface area contributed by atoms with Crippen LogP contribution in [0.3, 0.4) is 0 Å². The Kier molecular flexibility index (Phi) is 7.47. The van der Waals surface area contributed by atoms with E-state index >= 15 is 0 Å². The van der Waals surface area contributed by atoms with Crippen LogP contribution in [0.25, 0.3) is 0 Å². The lowest BCUT2D eigenvalue weighted by atomic mass is 10.4. The van der Waals surface area contributed by atoms with Crippen molar-refractivity contribution in [2.45, 2.75) is 58.9 Å². The van der Waals surface area contributed by atoms with Crippen molar-refractivity contribution in [3.05, 3.63) is 30.3 Å². The molecule has 0 saturated carbocycles. The van der Waals surface area contributed by atoms with Gasteiger partial charge in [-0.25, -0.2) is 0 Å². The van der Waals surface area contributed by atoms with Crippen molar-refractivity contribution < 1.29 is 24.7 Å². The average Bonchev–Trinajstić information content (AvgIpc) is 2.42. The summed E-state index contributed by atoms with van der Waals surface area (Å²) < 4.78 is 39.1. The Hall–Kier alpha value is 0.281. The minimum atomic E-state index is -3.34. The van der Waals surface area contributed by atoms with Crippen LogP contribution < -0.4 is 5.19 Å². The summed E-state index contributed by atoms with van der Waals surface area (Å²) in [6.45, 7) is 18.5. The molecular formula is C15H32O6Si6. The molecular weight excluding hydrogens is 445 g/mol. The fourth-order valence-electron chi connectivity index (χ4n) is 3.09. The molecule has 0 aromatic heterocycles. The molecule has 0 aliphatic carbocycles. The van der Waals surface area contributed by atoms with Gasteiger partial charge in [0.1, 0.15) is 0 Å². The first kappa shape index (κ1) is 23.6. The molecule has 2 radical (unpaired) electrons. The molecule has 1 aliphatic heterocycles. The van der Waals surface area contributed by atoms with E-state index in [0.717, 1.165) is 5.19 Å². The third-order valence-corrected chi connectivity index (χ3v) is 23.2. The zero-order valence-corrected chi connectivity index (χ0v) is 23.8. The van der Waals surface area contributed by atoms with Crippen molar-refractivity contribution in [1.29, 1.82) is 0 Å². The fraction of sp³-hybridized carbons (Fsp3) is 0.600. The van der Waals surface area contributed by atoms with E-state index in [0.29, 0.717) is 0 Å². The lowest BCUT2D eigenvalue weighted by Gasteiger charge is -2.48. The molecule has 152 valence electrons. The monoisotopic (exact) mass is 476 g/mol. The minimum absolute atomic E-state index is 1.08. The minimum Gasteiger partial charge on any atom is -0.412 e. The normalized spacial score (nSPS) is 23.8. The second kappa shape index (κ2) is 8.57. The van der Waals surface area contributed by atoms with Gasteiger partial charge in [-0.1, -0.05) is 30.3 Å². The van der Waals surface area contributed by atoms with Crippen LogP contribution in [0.1, 0.15) is 0 Å². The van der Waals surface area contributed by atoms with E-state index in [-0.39, 0.29) is 0 Å². The van der Waals surface area contributed by atoms with Crippen LogP contribution in [0.2, 0.25) is 58.9 Å². The van der Waals surface area contributed by atoms with Crippen LogP contribution in [-0.4, -0.2) is 52.8 Å². The Morgan fingerprint density at radius 3 is 1.44 bits per heavy atom. The maximum atomic E-state index is 6.69. The Morgan fingerprint density at radius 2 is 1.07 bits per heavy atom. The first-order valence-corrected chi connectivity index (χ1v) is 23.5. The predicted octanol–water partition coefficient (Wildman–Crippen LogP) is 3.42. The molecule has 1 aliphatic rings. The van der Waals surface area contributed by atoms with Gasteiger partial charge in [0.15, 0.2) is 18.1 Å². The summed E-state index contributed by atoms with van der Waals surface area (Å²) in [5, 5.41) is 1.08. The average molecular weight is 477 g/mol. The highest BCUT2D eigenvalue weighted by Crippen LogP contribution is 2.32. The molecule has 12 heteroatoms. The summed E-state index contributed by atoms with van der Waals surface area (Å²) in [7, 11) is -13.5. The molecule has 1 fully saturated rings. The molecule has 6 nitrogen and oxygen atoms in total. The Labute approximate surface area is 171 Å². The van der Waals surface area contributed by atoms with Gasteiger partial charge in [-0.2, -0.15) is 0 Å². The molecule has 0 atom stereocenters. The van der Waals surface area contributed by atoms with Crippen LogP contribution >= 0.6 is 0 Å². The van der Waals surface area contributed by atoms with Crippen LogP contribution in [-0.2, 0) is 24.7 Å². The van der Waals surface area contributed by atoms with Crippen molar-refractivity contribution >= 4 is 58.0 Å². The van der Waals surface area contributed by atoms with Gasteiger partial charge in [-0.3, -0.25) is 0 Å². The zero-order chi connectivity index (χ0) is 20.5. The van der Waals surface area contributed by atoms with Gasteiger partial charge in [-0.05, 0) is 64.1 Å². The Morgan fingerprint density at radius 1 is 0.667 bits per heavy atom. The van der Waals surface area contributed by atoms with Gasteiger partial charge in [-0.15, -0.1) is 0 Å². The maximum Gasteiger partial charge on any atom is 0.640 e. The molecule has 1 aromatic carbocycles. The number of hydrogen-bond acceptors (Lipinski definition) is 6. The lowest BCUT2D eigenvalue weighted by molar-refractivity contribution is 0.113. The van der Waals surface area contributed by atoms with E-state index in [2.05, 4.69) is 44.9 Å². The summed E-state index contributed by atoms with van der Waals surface area (Å²) in [5.74, 6) is 0. The van der Waals surface area contributed by atoms with E-state index in [1.807, 2.05) is 44.4 Å². The fourth-order valence-corrected chi connectivity index (χ4v) is 26.0. The molecule has 0 N–H and O–H groups in total. The van der Waals surface area contributed by atoms with Gasteiger partial charge in [0.2, 0.25) is 0 Å². The van der Waals surface area contributed by atoms with Gasteiger partial charge >= 0.3 is 34.7 Å². The van der Waals surface area contributed by atoms with E-state index in [1.54, 1.807) is 0 Å². The second-order valence-electron chi connectivity index (χ2n) is 8.04. The summed E-state index contributed by atoms with van der Waals surface area (Å²) >= 11 is 0. The Bertz CT molecular complexity index is 594. The molecule has 0 amide bonds. The van der Waals surface area contributed by atoms with E-state index < -0.39 is 52.8 Å². The molecule has 27 heavy (non-hydrogen) atoms. The predicted molar refractivity (Wildman–Crippen MR) is 120 cm³/mol. The molecule has 1 aromatic rings. The van der Waals surface area contributed by atoms with Crippen molar-refractivity contribution in [2.75, 3.05) is 0 Å². The topological polar surface area (TPSA) is 55.4 Å². The Balaban J connectivity index is 2.46. The molecule has 1 heterocycles. The van der Waals surface area contributed by atoms with Crippen molar-refractivity contribution in [3.8, 4) is 0 Å². The summed E-state index contributed by atoms with van der Waals surface area (Å²) in [4.78, 5) is 0. The number of benzene rings is 1. The highest BCUT2D eigenvalue weighted by molar-refractivity contribution is 6.97. The maximum absolute atomic E-state index is 6.69. The zero-order valence-electron chi connectivity index (χ0n) is 17.8. The highest BCUT2D eigenvalue weighted by atomic mass is 28.6. The molecule has 0 unspecified atom stereocenters. The molecule has 2 rings (SSSR count). The van der Waals surface area contributed by atoms with Crippen molar-refractivity contribution in [1.82, 2.24) is 0 Å².